The third-order valence-corrected chi connectivity index (χ3v) is 2.09. The molecule has 1 aromatic carbocycles. The Morgan fingerprint density at radius 1 is 1.25 bits per heavy atom. The zero-order chi connectivity index (χ0) is 12.1. The van der Waals surface area contributed by atoms with Gasteiger partial charge in [-0.3, -0.25) is 4.79 Å². The number of carbonyl (C=O) groups is 1. The molecule has 1 aromatic rings. The van der Waals surface area contributed by atoms with Gasteiger partial charge in [0.05, 0.1) is 14.2 Å². The molecule has 5 nitrogen and oxygen atoms in total. The van der Waals surface area contributed by atoms with Crippen LogP contribution < -0.4 is 9.47 Å². The fourth-order valence-electron chi connectivity index (χ4n) is 1.31. The van der Waals surface area contributed by atoms with E-state index in [1.54, 1.807) is 18.2 Å². The molecule has 0 saturated carbocycles. The summed E-state index contributed by atoms with van der Waals surface area (Å²) in [4.78, 5) is 11.2. The Bertz CT molecular complexity index is 426. The Morgan fingerprint density at radius 2 is 1.88 bits per heavy atom. The molecule has 0 aliphatic rings. The lowest BCUT2D eigenvalue weighted by Crippen LogP contribution is -2.11. The van der Waals surface area contributed by atoms with Gasteiger partial charge in [-0.15, -0.1) is 0 Å². The van der Waals surface area contributed by atoms with E-state index in [1.165, 1.54) is 21.1 Å². The maximum Gasteiger partial charge on any atom is 0.182 e. The zero-order valence-corrected chi connectivity index (χ0v) is 9.35. The molecule has 0 unspecified atom stereocenters. The van der Waals surface area contributed by atoms with Crippen LogP contribution in [0.5, 0.6) is 11.5 Å². The molecule has 16 heavy (non-hydrogen) atoms. The quantitative estimate of drug-likeness (QED) is 0.477. The number of carbonyl (C=O) groups excluding carboxylic acids is 1. The van der Waals surface area contributed by atoms with Crippen molar-refractivity contribution in [3.8, 4) is 11.5 Å². The minimum Gasteiger partial charge on any atom is -0.493 e. The molecular formula is C11H13NO4. The van der Waals surface area contributed by atoms with E-state index in [4.69, 9.17) is 14.7 Å². The maximum absolute atomic E-state index is 11.2. The van der Waals surface area contributed by atoms with Gasteiger partial charge in [0.2, 0.25) is 0 Å². The standard InChI is InChI=1S/C11H13NO4/c1-7(13)11(12-14)8-4-5-9(15-2)10(6-8)16-3/h4-6,14H,1-3H3/b12-11-. The van der Waals surface area contributed by atoms with Gasteiger partial charge in [0.15, 0.2) is 23.0 Å². The fourth-order valence-corrected chi connectivity index (χ4v) is 1.31. The van der Waals surface area contributed by atoms with Gasteiger partial charge >= 0.3 is 0 Å². The number of rotatable bonds is 4. The number of oxime groups is 1. The van der Waals surface area contributed by atoms with E-state index in [2.05, 4.69) is 5.16 Å². The highest BCUT2D eigenvalue weighted by atomic mass is 16.5. The van der Waals surface area contributed by atoms with E-state index in [1.807, 2.05) is 0 Å². The van der Waals surface area contributed by atoms with Crippen molar-refractivity contribution in [1.82, 2.24) is 0 Å². The van der Waals surface area contributed by atoms with Gasteiger partial charge in [0, 0.05) is 12.5 Å². The van der Waals surface area contributed by atoms with Crippen LogP contribution in [-0.4, -0.2) is 30.9 Å². The van der Waals surface area contributed by atoms with E-state index in [0.717, 1.165) is 0 Å². The highest BCUT2D eigenvalue weighted by Gasteiger charge is 2.13. The summed E-state index contributed by atoms with van der Waals surface area (Å²) in [5.41, 5.74) is 0.466. The Balaban J connectivity index is 3.22. The molecule has 0 aliphatic heterocycles. The van der Waals surface area contributed by atoms with Crippen molar-refractivity contribution < 1.29 is 19.5 Å². The number of methoxy groups -OCH3 is 2. The highest BCUT2D eigenvalue weighted by Crippen LogP contribution is 2.27. The molecule has 0 aromatic heterocycles. The zero-order valence-electron chi connectivity index (χ0n) is 9.35. The normalized spacial score (nSPS) is 11.1. The van der Waals surface area contributed by atoms with Crippen molar-refractivity contribution in [3.63, 3.8) is 0 Å². The lowest BCUT2D eigenvalue weighted by atomic mass is 10.1. The largest absolute Gasteiger partial charge is 0.493 e. The number of ether oxygens (including phenoxy) is 2. The third-order valence-electron chi connectivity index (χ3n) is 2.09. The van der Waals surface area contributed by atoms with E-state index in [9.17, 15) is 4.79 Å². The summed E-state index contributed by atoms with van der Waals surface area (Å²) >= 11 is 0. The van der Waals surface area contributed by atoms with E-state index >= 15 is 0 Å². The summed E-state index contributed by atoms with van der Waals surface area (Å²) in [6.45, 7) is 1.33. The SMILES string of the molecule is COc1ccc(/C(=N\O)C(C)=O)cc1OC. The first kappa shape index (κ1) is 12.0. The second-order valence-corrected chi connectivity index (χ2v) is 3.07. The van der Waals surface area contributed by atoms with Gasteiger partial charge in [-0.25, -0.2) is 0 Å². The van der Waals surface area contributed by atoms with Gasteiger partial charge in [0.25, 0.3) is 0 Å². The van der Waals surface area contributed by atoms with Crippen LogP contribution in [0, 0.1) is 0 Å². The number of hydrogen-bond acceptors (Lipinski definition) is 5. The van der Waals surface area contributed by atoms with Crippen LogP contribution in [0.2, 0.25) is 0 Å². The van der Waals surface area contributed by atoms with Crippen molar-refractivity contribution >= 4 is 11.5 Å². The molecule has 0 amide bonds. The first-order valence-corrected chi connectivity index (χ1v) is 4.59. The van der Waals surface area contributed by atoms with Crippen molar-refractivity contribution in [3.05, 3.63) is 23.8 Å². The lowest BCUT2D eigenvalue weighted by molar-refractivity contribution is -0.111. The smallest absolute Gasteiger partial charge is 0.182 e. The Hall–Kier alpha value is -2.04. The van der Waals surface area contributed by atoms with Crippen molar-refractivity contribution in [2.24, 2.45) is 5.16 Å². The first-order chi connectivity index (χ1) is 7.63. The summed E-state index contributed by atoms with van der Waals surface area (Å²) in [6.07, 6.45) is 0. The summed E-state index contributed by atoms with van der Waals surface area (Å²) in [5, 5.41) is 11.7. The Morgan fingerprint density at radius 3 is 2.31 bits per heavy atom. The molecule has 1 rings (SSSR count). The number of Topliss-reactive ketones (excluding diaryl/α,β-unsaturated/α-hetero) is 1. The Kier molecular flexibility index (Phi) is 3.88. The predicted octanol–water partition coefficient (Wildman–Crippen LogP) is 1.47. The molecule has 5 heteroatoms. The molecule has 0 bridgehead atoms. The molecule has 0 saturated heterocycles. The van der Waals surface area contributed by atoms with Crippen LogP contribution in [0.3, 0.4) is 0 Å². The third kappa shape index (κ3) is 2.31. The van der Waals surface area contributed by atoms with E-state index in [-0.39, 0.29) is 11.5 Å². The second-order valence-electron chi connectivity index (χ2n) is 3.07. The van der Waals surface area contributed by atoms with Gasteiger partial charge in [-0.1, -0.05) is 5.16 Å². The monoisotopic (exact) mass is 223 g/mol. The highest BCUT2D eigenvalue weighted by molar-refractivity contribution is 6.45. The van der Waals surface area contributed by atoms with Gasteiger partial charge in [-0.2, -0.15) is 0 Å². The molecule has 1 N–H and O–H groups in total. The topological polar surface area (TPSA) is 68.1 Å². The number of ketones is 1. The van der Waals surface area contributed by atoms with Gasteiger partial charge in [0.1, 0.15) is 0 Å². The molecular weight excluding hydrogens is 210 g/mol. The summed E-state index contributed by atoms with van der Waals surface area (Å²) in [6, 6.07) is 4.84. The van der Waals surface area contributed by atoms with Crippen LogP contribution >= 0.6 is 0 Å². The first-order valence-electron chi connectivity index (χ1n) is 4.59. The second kappa shape index (κ2) is 5.16. The molecule has 0 spiro atoms. The number of benzene rings is 1. The Labute approximate surface area is 93.3 Å². The van der Waals surface area contributed by atoms with Crippen LogP contribution in [0.25, 0.3) is 0 Å². The summed E-state index contributed by atoms with van der Waals surface area (Å²) in [5.74, 6) is 0.698. The molecule has 0 heterocycles. The maximum atomic E-state index is 11.2. The van der Waals surface area contributed by atoms with E-state index in [0.29, 0.717) is 17.1 Å². The predicted molar refractivity (Wildman–Crippen MR) is 58.6 cm³/mol. The number of nitrogens with zero attached hydrogens (tertiary/aromatic N) is 1. The average Bonchev–Trinajstić information content (AvgIpc) is 2.29. The summed E-state index contributed by atoms with van der Waals surface area (Å²) < 4.78 is 10.1. The molecule has 0 fully saturated rings. The minimum absolute atomic E-state index is 0.0130. The minimum atomic E-state index is -0.324. The van der Waals surface area contributed by atoms with Crippen LogP contribution in [0.4, 0.5) is 0 Å². The molecule has 0 aliphatic carbocycles. The molecule has 0 radical (unpaired) electrons. The van der Waals surface area contributed by atoms with E-state index < -0.39 is 0 Å². The van der Waals surface area contributed by atoms with Gasteiger partial charge in [-0.05, 0) is 18.2 Å². The van der Waals surface area contributed by atoms with Crippen LogP contribution in [0.15, 0.2) is 23.4 Å². The van der Waals surface area contributed by atoms with Gasteiger partial charge < -0.3 is 14.7 Å². The van der Waals surface area contributed by atoms with Crippen molar-refractivity contribution in [1.29, 1.82) is 0 Å². The average molecular weight is 223 g/mol. The molecule has 86 valence electrons. The molecule has 0 atom stereocenters. The van der Waals surface area contributed by atoms with Crippen molar-refractivity contribution in [2.45, 2.75) is 6.92 Å². The fraction of sp³-hybridized carbons (Fsp3) is 0.273. The number of hydrogen-bond donors (Lipinski definition) is 1. The summed E-state index contributed by atoms with van der Waals surface area (Å²) in [7, 11) is 3.01. The van der Waals surface area contributed by atoms with Crippen LogP contribution in [0.1, 0.15) is 12.5 Å². The van der Waals surface area contributed by atoms with Crippen LogP contribution in [-0.2, 0) is 4.79 Å². The lowest BCUT2D eigenvalue weighted by Gasteiger charge is -2.09. The van der Waals surface area contributed by atoms with Crippen molar-refractivity contribution in [2.75, 3.05) is 14.2 Å².